The van der Waals surface area contributed by atoms with Crippen LogP contribution in [0.3, 0.4) is 0 Å². The largest absolute Gasteiger partial charge is 0.417 e. The second-order valence-electron chi connectivity index (χ2n) is 13.2. The van der Waals surface area contributed by atoms with Gasteiger partial charge in [-0.3, -0.25) is 4.79 Å². The minimum absolute atomic E-state index is 0.0586. The first-order valence-electron chi connectivity index (χ1n) is 12.9. The molecule has 1 N–H and O–H groups in total. The molecule has 0 aromatic heterocycles. The lowest BCUT2D eigenvalue weighted by atomic mass is 9.46. The second-order valence-corrected chi connectivity index (χ2v) is 18.0. The molecule has 4 aliphatic rings. The first kappa shape index (κ1) is 23.8. The maximum atomic E-state index is 12.4. The summed E-state index contributed by atoms with van der Waals surface area (Å²) < 4.78 is 6.60. The summed E-state index contributed by atoms with van der Waals surface area (Å²) >= 11 is 0. The van der Waals surface area contributed by atoms with Crippen LogP contribution < -0.4 is 0 Å². The van der Waals surface area contributed by atoms with Crippen LogP contribution in [0.15, 0.2) is 0 Å². The Balaban J connectivity index is 1.52. The van der Waals surface area contributed by atoms with Gasteiger partial charge in [0.15, 0.2) is 8.32 Å². The standard InChI is InChI=1S/C26H47NO3Si/c1-24(2,3)31(6,7)30-17-16-26-15-12-19-18(20(26)9-11-22(26)28)8-10-21-25(19,4)14-13-23(29)27(21)5/h18-22,28H,8-17H2,1-7H3/t18?,19?,20?,21?,22-,25+,26+/m0/s1. The quantitative estimate of drug-likeness (QED) is 0.568. The zero-order valence-corrected chi connectivity index (χ0v) is 22.2. The van der Waals surface area contributed by atoms with E-state index in [0.717, 1.165) is 38.7 Å². The number of piperidine rings is 1. The molecule has 0 bridgehead atoms. The zero-order valence-electron chi connectivity index (χ0n) is 21.2. The number of hydrogen-bond acceptors (Lipinski definition) is 3. The van der Waals surface area contributed by atoms with Gasteiger partial charge < -0.3 is 14.4 Å². The predicted octanol–water partition coefficient (Wildman–Crippen LogP) is 5.60. The van der Waals surface area contributed by atoms with Crippen molar-refractivity contribution in [2.24, 2.45) is 28.6 Å². The Morgan fingerprint density at radius 1 is 1.10 bits per heavy atom. The molecule has 0 aromatic carbocycles. The Morgan fingerprint density at radius 3 is 2.48 bits per heavy atom. The van der Waals surface area contributed by atoms with Gasteiger partial charge in [0.05, 0.1) is 6.10 Å². The zero-order chi connectivity index (χ0) is 22.8. The number of aliphatic hydroxyl groups is 1. The first-order chi connectivity index (χ1) is 14.3. The van der Waals surface area contributed by atoms with E-state index in [1.54, 1.807) is 0 Å². The summed E-state index contributed by atoms with van der Waals surface area (Å²) in [6.45, 7) is 14.9. The average molecular weight is 450 g/mol. The van der Waals surface area contributed by atoms with Crippen molar-refractivity contribution < 1.29 is 14.3 Å². The summed E-state index contributed by atoms with van der Waals surface area (Å²) in [7, 11) is 0.275. The third kappa shape index (κ3) is 3.65. The van der Waals surface area contributed by atoms with Gasteiger partial charge in [0.25, 0.3) is 0 Å². The summed E-state index contributed by atoms with van der Waals surface area (Å²) in [6, 6.07) is 0.413. The van der Waals surface area contributed by atoms with Crippen LogP contribution >= 0.6 is 0 Å². The molecule has 4 rings (SSSR count). The molecule has 4 fully saturated rings. The number of fused-ring (bicyclic) bond motifs is 5. The van der Waals surface area contributed by atoms with Crippen molar-refractivity contribution in [3.05, 3.63) is 0 Å². The highest BCUT2D eigenvalue weighted by Gasteiger charge is 2.62. The van der Waals surface area contributed by atoms with Crippen LogP contribution in [0.5, 0.6) is 0 Å². The van der Waals surface area contributed by atoms with Gasteiger partial charge in [0, 0.05) is 31.5 Å². The van der Waals surface area contributed by atoms with Crippen molar-refractivity contribution >= 4 is 14.2 Å². The lowest BCUT2D eigenvalue weighted by Crippen LogP contribution is -2.61. The van der Waals surface area contributed by atoms with Crippen LogP contribution in [0.25, 0.3) is 0 Å². The summed E-state index contributed by atoms with van der Waals surface area (Å²) in [5, 5.41) is 11.5. The Morgan fingerprint density at radius 2 is 1.81 bits per heavy atom. The highest BCUT2D eigenvalue weighted by atomic mass is 28.4. The van der Waals surface area contributed by atoms with Crippen LogP contribution in [-0.4, -0.2) is 50.0 Å². The van der Waals surface area contributed by atoms with Crippen molar-refractivity contribution in [3.8, 4) is 0 Å². The molecule has 0 radical (unpaired) electrons. The van der Waals surface area contributed by atoms with Crippen LogP contribution in [0.1, 0.15) is 85.5 Å². The smallest absolute Gasteiger partial charge is 0.222 e. The molecule has 0 aromatic rings. The fraction of sp³-hybridized carbons (Fsp3) is 0.962. The van der Waals surface area contributed by atoms with Crippen molar-refractivity contribution in [1.82, 2.24) is 4.90 Å². The van der Waals surface area contributed by atoms with Gasteiger partial charge in [0.1, 0.15) is 0 Å². The van der Waals surface area contributed by atoms with E-state index in [0.29, 0.717) is 36.1 Å². The summed E-state index contributed by atoms with van der Waals surface area (Å²) in [6.07, 6.45) is 9.49. The summed E-state index contributed by atoms with van der Waals surface area (Å²) in [5.41, 5.74) is 0.312. The molecule has 1 saturated heterocycles. The van der Waals surface area contributed by atoms with E-state index in [9.17, 15) is 9.90 Å². The Labute approximate surface area is 191 Å². The average Bonchev–Trinajstić information content (AvgIpc) is 3.01. The van der Waals surface area contributed by atoms with Crippen LogP contribution in [0.2, 0.25) is 18.1 Å². The van der Waals surface area contributed by atoms with Gasteiger partial charge in [-0.15, -0.1) is 0 Å². The van der Waals surface area contributed by atoms with Crippen LogP contribution in [0, 0.1) is 28.6 Å². The first-order valence-corrected chi connectivity index (χ1v) is 15.8. The monoisotopic (exact) mass is 449 g/mol. The Kier molecular flexibility index (Phi) is 6.00. The predicted molar refractivity (Wildman–Crippen MR) is 128 cm³/mol. The van der Waals surface area contributed by atoms with E-state index >= 15 is 0 Å². The highest BCUT2D eigenvalue weighted by molar-refractivity contribution is 6.74. The van der Waals surface area contributed by atoms with Crippen molar-refractivity contribution in [2.45, 2.75) is 116 Å². The lowest BCUT2D eigenvalue weighted by Gasteiger charge is -2.62. The fourth-order valence-electron chi connectivity index (χ4n) is 8.12. The second kappa shape index (κ2) is 7.84. The Bertz CT molecular complexity index is 703. The number of aliphatic hydroxyl groups excluding tert-OH is 1. The molecule has 1 heterocycles. The van der Waals surface area contributed by atoms with Gasteiger partial charge in [-0.1, -0.05) is 27.7 Å². The van der Waals surface area contributed by atoms with Gasteiger partial charge in [-0.25, -0.2) is 0 Å². The van der Waals surface area contributed by atoms with Crippen molar-refractivity contribution in [1.29, 1.82) is 0 Å². The van der Waals surface area contributed by atoms with Crippen LogP contribution in [0.4, 0.5) is 0 Å². The summed E-state index contributed by atoms with van der Waals surface area (Å²) in [4.78, 5) is 14.5. The molecule has 7 atom stereocenters. The molecule has 3 aliphatic carbocycles. The highest BCUT2D eigenvalue weighted by Crippen LogP contribution is 2.65. The van der Waals surface area contributed by atoms with Gasteiger partial charge in [0.2, 0.25) is 5.91 Å². The fourth-order valence-corrected chi connectivity index (χ4v) is 9.17. The van der Waals surface area contributed by atoms with Crippen molar-refractivity contribution in [2.75, 3.05) is 13.7 Å². The molecular formula is C26H47NO3Si. The topological polar surface area (TPSA) is 49.8 Å². The molecular weight excluding hydrogens is 402 g/mol. The number of amides is 1. The number of carbonyl (C=O) groups excluding carboxylic acids is 1. The maximum absolute atomic E-state index is 12.4. The van der Waals surface area contributed by atoms with E-state index < -0.39 is 8.32 Å². The molecule has 0 spiro atoms. The molecule has 31 heavy (non-hydrogen) atoms. The molecule has 1 aliphatic heterocycles. The number of hydrogen-bond donors (Lipinski definition) is 1. The minimum atomic E-state index is -1.76. The lowest BCUT2D eigenvalue weighted by molar-refractivity contribution is -0.162. The number of carbonyl (C=O) groups is 1. The SMILES string of the molecule is CN1C(=O)CC[C@]2(C)C3CC[C@@]4(CCO[Si](C)(C)C(C)(C)C)C(CC[C@@H]4O)C3CCC12. The van der Waals surface area contributed by atoms with Gasteiger partial charge in [-0.05, 0) is 92.7 Å². The molecule has 5 heteroatoms. The number of likely N-dealkylation sites (tertiary alicyclic amines) is 1. The third-order valence-electron chi connectivity index (χ3n) is 11.1. The maximum Gasteiger partial charge on any atom is 0.222 e. The third-order valence-corrected chi connectivity index (χ3v) is 15.6. The number of nitrogens with zero attached hydrogens (tertiary/aromatic N) is 1. The van der Waals surface area contributed by atoms with Gasteiger partial charge in [-0.2, -0.15) is 0 Å². The molecule has 4 unspecified atom stereocenters. The minimum Gasteiger partial charge on any atom is -0.417 e. The molecule has 1 amide bonds. The van der Waals surface area contributed by atoms with Crippen molar-refractivity contribution in [3.63, 3.8) is 0 Å². The normalized spacial score (nSPS) is 43.4. The van der Waals surface area contributed by atoms with E-state index in [2.05, 4.69) is 45.7 Å². The Hall–Kier alpha value is -0.393. The summed E-state index contributed by atoms with van der Waals surface area (Å²) in [5.74, 6) is 2.38. The van der Waals surface area contributed by atoms with E-state index in [4.69, 9.17) is 4.43 Å². The number of rotatable bonds is 4. The van der Waals surface area contributed by atoms with E-state index in [1.165, 1.54) is 19.3 Å². The van der Waals surface area contributed by atoms with Crippen LogP contribution in [-0.2, 0) is 9.22 Å². The van der Waals surface area contributed by atoms with E-state index in [-0.39, 0.29) is 22.0 Å². The van der Waals surface area contributed by atoms with Gasteiger partial charge >= 0.3 is 0 Å². The molecule has 3 saturated carbocycles. The molecule has 4 nitrogen and oxygen atoms in total. The molecule has 178 valence electrons. The van der Waals surface area contributed by atoms with E-state index in [1.807, 2.05) is 7.05 Å².